The summed E-state index contributed by atoms with van der Waals surface area (Å²) in [4.78, 5) is 9.93. The molecular formula is C14H30N2O8. The van der Waals surface area contributed by atoms with Crippen LogP contribution in [-0.4, -0.2) is 65.7 Å². The summed E-state index contributed by atoms with van der Waals surface area (Å²) in [6.07, 6.45) is 0.792. The molecule has 1 rings (SSSR count). The minimum absolute atomic E-state index is 0.248. The molecule has 5 atom stereocenters. The average Bonchev–Trinajstić information content (AvgIpc) is 2.43. The van der Waals surface area contributed by atoms with Crippen LogP contribution in [0.25, 0.3) is 0 Å². The number of ether oxygens (including phenoxy) is 1. The van der Waals surface area contributed by atoms with E-state index in [2.05, 4.69) is 0 Å². The summed E-state index contributed by atoms with van der Waals surface area (Å²) in [6.45, 7) is 9.78. The zero-order valence-corrected chi connectivity index (χ0v) is 15.1. The Morgan fingerprint density at radius 2 is 1.54 bits per heavy atom. The second-order valence-electron chi connectivity index (χ2n) is 7.01. The molecule has 10 heteroatoms. The fourth-order valence-corrected chi connectivity index (χ4v) is 4.05. The second kappa shape index (κ2) is 7.08. The molecule has 0 amide bonds. The molecule has 0 aliphatic carbocycles. The largest absolute Gasteiger partial charge is 0.387 e. The molecule has 1 aliphatic heterocycles. The molecule has 5 N–H and O–H groups in total. The molecule has 1 saturated heterocycles. The van der Waals surface area contributed by atoms with Gasteiger partial charge in [-0.15, -0.1) is 0 Å². The topological polar surface area (TPSA) is 135 Å². The Kier molecular flexibility index (Phi) is 6.38. The Morgan fingerprint density at radius 1 is 1.00 bits per heavy atom. The minimum Gasteiger partial charge on any atom is -0.387 e. The van der Waals surface area contributed by atoms with Gasteiger partial charge in [-0.2, -0.15) is 0 Å². The van der Waals surface area contributed by atoms with Gasteiger partial charge in [0.15, 0.2) is 0 Å². The average molecular weight is 354 g/mol. The molecule has 144 valence electrons. The van der Waals surface area contributed by atoms with Gasteiger partial charge in [0.25, 0.3) is 0 Å². The van der Waals surface area contributed by atoms with E-state index < -0.39 is 39.1 Å². The first-order valence-corrected chi connectivity index (χ1v) is 7.90. The summed E-state index contributed by atoms with van der Waals surface area (Å²) in [5.74, 6) is -0.588. The lowest BCUT2D eigenvalue weighted by Gasteiger charge is -2.64. The fraction of sp³-hybridized carbons (Fsp3) is 1.00. The van der Waals surface area contributed by atoms with Crippen LogP contribution in [0.5, 0.6) is 0 Å². The van der Waals surface area contributed by atoms with E-state index in [-0.39, 0.29) is 6.61 Å². The van der Waals surface area contributed by atoms with E-state index in [1.807, 2.05) is 6.92 Å². The molecule has 10 nitrogen and oxygen atoms in total. The number of nitrogens with zero attached hydrogens (tertiary/aromatic N) is 2. The van der Waals surface area contributed by atoms with Crippen molar-refractivity contribution in [2.24, 2.45) is 5.92 Å². The molecule has 0 aromatic carbocycles. The Morgan fingerprint density at radius 3 is 1.92 bits per heavy atom. The van der Waals surface area contributed by atoms with Crippen molar-refractivity contribution in [3.8, 4) is 0 Å². The van der Waals surface area contributed by atoms with Crippen molar-refractivity contribution in [3.05, 3.63) is 0 Å². The Hall–Kier alpha value is -0.400. The third-order valence-corrected chi connectivity index (χ3v) is 5.66. The van der Waals surface area contributed by atoms with Crippen molar-refractivity contribution in [1.82, 2.24) is 10.8 Å². The summed E-state index contributed by atoms with van der Waals surface area (Å²) in [5.41, 5.74) is -5.36. The number of hydrogen-bond donors (Lipinski definition) is 5. The maximum absolute atomic E-state index is 11.3. The summed E-state index contributed by atoms with van der Waals surface area (Å²) < 4.78 is 6.21. The van der Waals surface area contributed by atoms with E-state index in [0.717, 1.165) is 0 Å². The maximum atomic E-state index is 11.3. The van der Waals surface area contributed by atoms with E-state index in [0.29, 0.717) is 12.8 Å². The molecule has 0 bridgehead atoms. The lowest BCUT2D eigenvalue weighted by atomic mass is 9.59. The van der Waals surface area contributed by atoms with Gasteiger partial charge in [-0.05, 0) is 40.5 Å². The Balaban J connectivity index is 3.40. The summed E-state index contributed by atoms with van der Waals surface area (Å²) in [7, 11) is 0. The quantitative estimate of drug-likeness (QED) is 0.428. The molecule has 1 aliphatic rings. The van der Waals surface area contributed by atoms with Crippen molar-refractivity contribution >= 4 is 0 Å². The van der Waals surface area contributed by atoms with E-state index in [1.165, 1.54) is 13.8 Å². The van der Waals surface area contributed by atoms with Crippen LogP contribution in [0, 0.1) is 5.92 Å². The minimum atomic E-state index is -1.58. The van der Waals surface area contributed by atoms with Gasteiger partial charge in [-0.3, -0.25) is 20.8 Å². The molecular weight excluding hydrogens is 324 g/mol. The van der Waals surface area contributed by atoms with Gasteiger partial charge in [-0.1, -0.05) is 13.8 Å². The van der Waals surface area contributed by atoms with Crippen LogP contribution in [0.2, 0.25) is 0 Å². The summed E-state index contributed by atoms with van der Waals surface area (Å²) in [6, 6.07) is 0. The SMILES string of the molecule is CC[C@@H]1C(C)(CON(O)O)O[C@](C)(CC)C(C)(ON(O)O)C1(C)O. The van der Waals surface area contributed by atoms with Gasteiger partial charge in [0.05, 0.1) is 22.0 Å². The third kappa shape index (κ3) is 3.44. The third-order valence-electron chi connectivity index (χ3n) is 5.66. The van der Waals surface area contributed by atoms with E-state index in [4.69, 9.17) is 24.8 Å². The maximum Gasteiger partial charge on any atom is 0.149 e. The highest BCUT2D eigenvalue weighted by molar-refractivity contribution is 5.17. The molecule has 1 heterocycles. The first-order valence-electron chi connectivity index (χ1n) is 7.90. The van der Waals surface area contributed by atoms with Crippen molar-refractivity contribution in [2.45, 2.75) is 76.8 Å². The smallest absolute Gasteiger partial charge is 0.149 e. The van der Waals surface area contributed by atoms with Gasteiger partial charge < -0.3 is 9.84 Å². The summed E-state index contributed by atoms with van der Waals surface area (Å²) in [5, 5.41) is 46.6. The van der Waals surface area contributed by atoms with Crippen LogP contribution in [-0.2, 0) is 14.4 Å². The van der Waals surface area contributed by atoms with Crippen LogP contribution in [0.1, 0.15) is 54.4 Å². The highest BCUT2D eigenvalue weighted by Crippen LogP contribution is 2.55. The number of hydrogen-bond acceptors (Lipinski definition) is 10. The zero-order valence-electron chi connectivity index (χ0n) is 15.1. The highest BCUT2D eigenvalue weighted by atomic mass is 17.1. The summed E-state index contributed by atoms with van der Waals surface area (Å²) >= 11 is 0. The van der Waals surface area contributed by atoms with E-state index >= 15 is 0 Å². The predicted molar refractivity (Wildman–Crippen MR) is 78.9 cm³/mol. The van der Waals surface area contributed by atoms with Gasteiger partial charge in [-0.25, -0.2) is 9.68 Å². The molecule has 24 heavy (non-hydrogen) atoms. The number of aliphatic hydroxyl groups is 1. The molecule has 0 radical (unpaired) electrons. The van der Waals surface area contributed by atoms with Gasteiger partial charge in [0.1, 0.15) is 17.8 Å². The fourth-order valence-electron chi connectivity index (χ4n) is 4.05. The molecule has 0 saturated carbocycles. The normalized spacial score (nSPS) is 43.6. The van der Waals surface area contributed by atoms with Gasteiger partial charge >= 0.3 is 0 Å². The van der Waals surface area contributed by atoms with Crippen LogP contribution >= 0.6 is 0 Å². The van der Waals surface area contributed by atoms with Crippen LogP contribution < -0.4 is 0 Å². The molecule has 0 spiro atoms. The monoisotopic (exact) mass is 354 g/mol. The van der Waals surface area contributed by atoms with E-state index in [9.17, 15) is 15.5 Å². The van der Waals surface area contributed by atoms with Crippen LogP contribution in [0.4, 0.5) is 0 Å². The first kappa shape index (κ1) is 21.6. The molecule has 3 unspecified atom stereocenters. The van der Waals surface area contributed by atoms with Gasteiger partial charge in [0.2, 0.25) is 0 Å². The highest BCUT2D eigenvalue weighted by Gasteiger charge is 2.69. The molecule has 0 aromatic rings. The Bertz CT molecular complexity index is 435. The van der Waals surface area contributed by atoms with Crippen molar-refractivity contribution in [2.75, 3.05) is 6.61 Å². The standard InChI is InChI=1S/C14H30N2O8/c1-7-10-11(3,9-22-15(18)19)23-12(4,8-2)14(6,13(10,5)17)24-16(20)21/h10,17-21H,7-9H2,1-6H3/t10-,11?,12-,13?,14?/m1/s1. The lowest BCUT2D eigenvalue weighted by Crippen LogP contribution is -2.78. The molecule has 0 aromatic heterocycles. The van der Waals surface area contributed by atoms with Crippen molar-refractivity contribution in [3.63, 3.8) is 0 Å². The van der Waals surface area contributed by atoms with Crippen molar-refractivity contribution < 1.29 is 40.3 Å². The lowest BCUT2D eigenvalue weighted by molar-refractivity contribution is -0.558. The number of rotatable bonds is 7. The van der Waals surface area contributed by atoms with Gasteiger partial charge in [0, 0.05) is 5.92 Å². The van der Waals surface area contributed by atoms with E-state index in [1.54, 1.807) is 20.8 Å². The van der Waals surface area contributed by atoms with Crippen LogP contribution in [0.15, 0.2) is 0 Å². The first-order chi connectivity index (χ1) is 10.8. The second-order valence-corrected chi connectivity index (χ2v) is 7.01. The van der Waals surface area contributed by atoms with Crippen molar-refractivity contribution in [1.29, 1.82) is 0 Å². The van der Waals surface area contributed by atoms with Crippen LogP contribution in [0.3, 0.4) is 0 Å². The Labute approximate surface area is 141 Å². The molecule has 1 fully saturated rings. The predicted octanol–water partition coefficient (Wildman–Crippen LogP) is 1.50. The zero-order chi connectivity index (χ0) is 19.0.